The molecule has 0 radical (unpaired) electrons. The monoisotopic (exact) mass is 159 g/mol. The van der Waals surface area contributed by atoms with Gasteiger partial charge in [-0.05, 0) is 6.42 Å². The molecule has 1 fully saturated rings. The third-order valence-electron chi connectivity index (χ3n) is 1.45. The number of amides is 1. The minimum Gasteiger partial charge on any atom is -0.383 e. The molecule has 1 heterocycles. The molecule has 1 saturated heterocycles. The van der Waals surface area contributed by atoms with Crippen LogP contribution in [0.5, 0.6) is 0 Å². The molecule has 0 bridgehead atoms. The van der Waals surface area contributed by atoms with Gasteiger partial charge in [0.25, 0.3) is 0 Å². The van der Waals surface area contributed by atoms with E-state index in [1.807, 2.05) is 13.8 Å². The van der Waals surface area contributed by atoms with Crippen molar-refractivity contribution in [2.45, 2.75) is 32.7 Å². The lowest BCUT2D eigenvalue weighted by atomic mass is 10.2. The van der Waals surface area contributed by atoms with Crippen LogP contribution in [0.25, 0.3) is 0 Å². The van der Waals surface area contributed by atoms with Gasteiger partial charge in [-0.2, -0.15) is 0 Å². The zero-order valence-corrected chi connectivity index (χ0v) is 7.52. The zero-order valence-electron chi connectivity index (χ0n) is 7.52. The summed E-state index contributed by atoms with van der Waals surface area (Å²) in [5, 5.41) is 2.79. The summed E-state index contributed by atoms with van der Waals surface area (Å²) in [4.78, 5) is 10.6. The molecule has 66 valence electrons. The van der Waals surface area contributed by atoms with Gasteiger partial charge < -0.3 is 10.1 Å². The Hall–Kier alpha value is -0.570. The summed E-state index contributed by atoms with van der Waals surface area (Å²) in [6.45, 7) is 4.64. The average Bonchev–Trinajstić information content (AvgIpc) is 2.41. The highest BCUT2D eigenvalue weighted by Crippen LogP contribution is 2.05. The maximum atomic E-state index is 10.6. The van der Waals surface area contributed by atoms with E-state index in [-0.39, 0.29) is 11.9 Å². The van der Waals surface area contributed by atoms with Crippen LogP contribution < -0.4 is 5.32 Å². The lowest BCUT2D eigenvalue weighted by Crippen LogP contribution is -2.29. The van der Waals surface area contributed by atoms with E-state index in [2.05, 4.69) is 5.32 Å². The van der Waals surface area contributed by atoms with Crippen molar-refractivity contribution < 1.29 is 9.53 Å². The fourth-order valence-electron chi connectivity index (χ4n) is 1.00. The maximum Gasteiger partial charge on any atom is 0.220 e. The first kappa shape index (κ1) is 10.4. The minimum atomic E-state index is 0.150. The molecule has 1 aliphatic heterocycles. The second kappa shape index (κ2) is 6.16. The van der Waals surface area contributed by atoms with Crippen LogP contribution in [0.3, 0.4) is 0 Å². The molecule has 0 unspecified atom stereocenters. The Morgan fingerprint density at radius 1 is 1.64 bits per heavy atom. The zero-order chi connectivity index (χ0) is 8.69. The van der Waals surface area contributed by atoms with Crippen LogP contribution in [0.4, 0.5) is 0 Å². The number of nitrogens with one attached hydrogen (secondary N) is 1. The van der Waals surface area contributed by atoms with Crippen molar-refractivity contribution in [3.63, 3.8) is 0 Å². The van der Waals surface area contributed by atoms with Crippen molar-refractivity contribution in [1.29, 1.82) is 0 Å². The first-order valence-corrected chi connectivity index (χ1v) is 4.11. The van der Waals surface area contributed by atoms with E-state index in [9.17, 15) is 4.79 Å². The largest absolute Gasteiger partial charge is 0.383 e. The topological polar surface area (TPSA) is 38.3 Å². The number of rotatable bonds is 2. The Bertz CT molecular complexity index is 115. The Morgan fingerprint density at radius 2 is 2.27 bits per heavy atom. The van der Waals surface area contributed by atoms with E-state index in [0.29, 0.717) is 13.0 Å². The van der Waals surface area contributed by atoms with E-state index in [4.69, 9.17) is 4.74 Å². The number of methoxy groups -OCH3 is 1. The summed E-state index contributed by atoms with van der Waals surface area (Å²) in [7, 11) is 1.64. The molecule has 1 rings (SSSR count). The smallest absolute Gasteiger partial charge is 0.220 e. The summed E-state index contributed by atoms with van der Waals surface area (Å²) in [5.41, 5.74) is 0. The second-order valence-electron chi connectivity index (χ2n) is 2.26. The third kappa shape index (κ3) is 3.98. The van der Waals surface area contributed by atoms with Gasteiger partial charge in [-0.1, -0.05) is 13.8 Å². The van der Waals surface area contributed by atoms with Gasteiger partial charge in [0.15, 0.2) is 0 Å². The second-order valence-corrected chi connectivity index (χ2v) is 2.26. The van der Waals surface area contributed by atoms with E-state index in [1.165, 1.54) is 0 Å². The summed E-state index contributed by atoms with van der Waals surface area (Å²) < 4.78 is 4.86. The van der Waals surface area contributed by atoms with Crippen LogP contribution in [0.15, 0.2) is 0 Å². The number of hydrogen-bond donors (Lipinski definition) is 1. The Kier molecular flexibility index (Phi) is 5.84. The van der Waals surface area contributed by atoms with Gasteiger partial charge in [-0.3, -0.25) is 4.79 Å². The lowest BCUT2D eigenvalue weighted by molar-refractivity contribution is -0.119. The SMILES string of the molecule is CC.COC[C@@H]1CCC(=O)N1. The average molecular weight is 159 g/mol. The van der Waals surface area contributed by atoms with Crippen molar-refractivity contribution >= 4 is 5.91 Å². The highest BCUT2D eigenvalue weighted by molar-refractivity contribution is 5.78. The first-order valence-electron chi connectivity index (χ1n) is 4.11. The predicted octanol–water partition coefficient (Wildman–Crippen LogP) is 0.938. The minimum absolute atomic E-state index is 0.150. The normalized spacial score (nSPS) is 22.1. The summed E-state index contributed by atoms with van der Waals surface area (Å²) in [6, 6.07) is 0.266. The van der Waals surface area contributed by atoms with Gasteiger partial charge in [-0.25, -0.2) is 0 Å². The van der Waals surface area contributed by atoms with Crippen molar-refractivity contribution in [3.8, 4) is 0 Å². The number of carbonyl (C=O) groups excluding carboxylic acids is 1. The van der Waals surface area contributed by atoms with Gasteiger partial charge >= 0.3 is 0 Å². The molecule has 0 saturated carbocycles. The van der Waals surface area contributed by atoms with Crippen LogP contribution in [0.2, 0.25) is 0 Å². The van der Waals surface area contributed by atoms with Gasteiger partial charge in [0.05, 0.1) is 12.6 Å². The van der Waals surface area contributed by atoms with Crippen molar-refractivity contribution in [2.24, 2.45) is 0 Å². The lowest BCUT2D eigenvalue weighted by Gasteiger charge is -2.05. The Labute approximate surface area is 68.1 Å². The quantitative estimate of drug-likeness (QED) is 0.651. The van der Waals surface area contributed by atoms with Gasteiger partial charge in [0.2, 0.25) is 5.91 Å². The van der Waals surface area contributed by atoms with Crippen molar-refractivity contribution in [3.05, 3.63) is 0 Å². The molecule has 0 aromatic carbocycles. The van der Waals surface area contributed by atoms with E-state index < -0.39 is 0 Å². The van der Waals surface area contributed by atoms with Crippen LogP contribution >= 0.6 is 0 Å². The van der Waals surface area contributed by atoms with Gasteiger partial charge in [0, 0.05) is 13.5 Å². The van der Waals surface area contributed by atoms with Crippen LogP contribution in [0.1, 0.15) is 26.7 Å². The predicted molar refractivity (Wildman–Crippen MR) is 44.4 cm³/mol. The molecule has 0 aromatic rings. The molecule has 1 amide bonds. The van der Waals surface area contributed by atoms with Gasteiger partial charge in [0.1, 0.15) is 0 Å². The molecular formula is C8H17NO2. The standard InChI is InChI=1S/C6H11NO2.C2H6/c1-9-4-5-2-3-6(8)7-5;1-2/h5H,2-4H2,1H3,(H,7,8);1-2H3/t5-;/m0./s1. The molecule has 1 aliphatic rings. The Morgan fingerprint density at radius 3 is 2.64 bits per heavy atom. The number of hydrogen-bond acceptors (Lipinski definition) is 2. The molecule has 3 heteroatoms. The molecule has 1 atom stereocenters. The number of ether oxygens (including phenoxy) is 1. The van der Waals surface area contributed by atoms with E-state index in [0.717, 1.165) is 6.42 Å². The summed E-state index contributed by atoms with van der Waals surface area (Å²) >= 11 is 0. The Balaban J connectivity index is 0.000000461. The third-order valence-corrected chi connectivity index (χ3v) is 1.45. The molecule has 0 spiro atoms. The van der Waals surface area contributed by atoms with Gasteiger partial charge in [-0.15, -0.1) is 0 Å². The summed E-state index contributed by atoms with van der Waals surface area (Å²) in [5.74, 6) is 0.150. The maximum absolute atomic E-state index is 10.6. The van der Waals surface area contributed by atoms with E-state index in [1.54, 1.807) is 7.11 Å². The van der Waals surface area contributed by atoms with Crippen LogP contribution in [-0.2, 0) is 9.53 Å². The highest BCUT2D eigenvalue weighted by atomic mass is 16.5. The number of carbonyl (C=O) groups is 1. The molecular weight excluding hydrogens is 142 g/mol. The van der Waals surface area contributed by atoms with Crippen LogP contribution in [-0.4, -0.2) is 25.7 Å². The molecule has 0 aliphatic carbocycles. The fraction of sp³-hybridized carbons (Fsp3) is 0.875. The molecule has 11 heavy (non-hydrogen) atoms. The van der Waals surface area contributed by atoms with Crippen molar-refractivity contribution in [2.75, 3.05) is 13.7 Å². The molecule has 3 nitrogen and oxygen atoms in total. The van der Waals surface area contributed by atoms with Crippen LogP contribution in [0, 0.1) is 0 Å². The molecule has 0 aromatic heterocycles. The van der Waals surface area contributed by atoms with Crippen molar-refractivity contribution in [1.82, 2.24) is 5.32 Å². The highest BCUT2D eigenvalue weighted by Gasteiger charge is 2.19. The first-order chi connectivity index (χ1) is 5.33. The fourth-order valence-corrected chi connectivity index (χ4v) is 1.00. The van der Waals surface area contributed by atoms with E-state index >= 15 is 0 Å². The molecule has 1 N–H and O–H groups in total. The summed E-state index contributed by atoms with van der Waals surface area (Å²) in [6.07, 6.45) is 1.58.